The molecule has 7 aromatic carbocycles. The molecule has 2 N–H and O–H groups in total. The second-order valence-electron chi connectivity index (χ2n) is 13.5. The van der Waals surface area contributed by atoms with Gasteiger partial charge in [-0.05, 0) is 56.1 Å². The van der Waals surface area contributed by atoms with Crippen molar-refractivity contribution in [3.63, 3.8) is 0 Å². The van der Waals surface area contributed by atoms with E-state index < -0.39 is 5.41 Å². The van der Waals surface area contributed by atoms with Crippen LogP contribution in [-0.2, 0) is 5.41 Å². The molecule has 3 atom stereocenters. The monoisotopic (exact) mass is 657 g/mol. The summed E-state index contributed by atoms with van der Waals surface area (Å²) in [7, 11) is 0. The topological polar surface area (TPSA) is 36.4 Å². The normalized spacial score (nSPS) is 19.9. The van der Waals surface area contributed by atoms with E-state index in [2.05, 4.69) is 174 Å². The number of aliphatic imine (C=N–C) groups is 1. The zero-order chi connectivity index (χ0) is 32.8. The van der Waals surface area contributed by atoms with Crippen molar-refractivity contribution < 1.29 is 0 Å². The molecule has 3 unspecified atom stereocenters. The van der Waals surface area contributed by atoms with E-state index in [0.29, 0.717) is 0 Å². The van der Waals surface area contributed by atoms with Crippen LogP contribution < -0.4 is 10.6 Å². The Kier molecular flexibility index (Phi) is 5.95. The Balaban J connectivity index is 1.16. The fourth-order valence-electron chi connectivity index (χ4n) is 8.88. The zero-order valence-electron chi connectivity index (χ0n) is 27.1. The number of rotatable bonds is 3. The van der Waals surface area contributed by atoms with Crippen molar-refractivity contribution in [1.29, 1.82) is 0 Å². The molecule has 4 heteroatoms. The second kappa shape index (κ2) is 10.6. The van der Waals surface area contributed by atoms with E-state index in [1.807, 2.05) is 11.3 Å². The van der Waals surface area contributed by atoms with Crippen LogP contribution in [0.4, 0.5) is 0 Å². The summed E-state index contributed by atoms with van der Waals surface area (Å²) in [5.74, 6) is 0.894. The van der Waals surface area contributed by atoms with Gasteiger partial charge in [0.1, 0.15) is 18.2 Å². The molecule has 1 aromatic heterocycles. The Hall–Kier alpha value is -5.81. The van der Waals surface area contributed by atoms with Gasteiger partial charge in [-0.15, -0.1) is 11.3 Å². The molecular weight excluding hydrogens is 627 g/mol. The highest BCUT2D eigenvalue weighted by atomic mass is 32.1. The SMILES string of the molecule is c1ccc(C2=NC(c3ccc4c(c3)C3(c5ccccc5-4)c4ccccc4-c4c3ccc3c4sc4ccccc43)NC(c3ccccc3)N2)cc1. The molecule has 1 spiro atoms. The molecule has 11 rings (SSSR count). The highest BCUT2D eigenvalue weighted by Gasteiger charge is 2.52. The lowest BCUT2D eigenvalue weighted by atomic mass is 9.70. The number of hydrogen-bond donors (Lipinski definition) is 2. The van der Waals surface area contributed by atoms with Crippen molar-refractivity contribution in [2.24, 2.45) is 4.99 Å². The van der Waals surface area contributed by atoms with Crippen LogP contribution in [-0.4, -0.2) is 5.84 Å². The summed E-state index contributed by atoms with van der Waals surface area (Å²) >= 11 is 1.92. The second-order valence-corrected chi connectivity index (χ2v) is 14.6. The molecule has 2 aliphatic carbocycles. The maximum atomic E-state index is 5.34. The first-order valence-electron chi connectivity index (χ1n) is 17.3. The quantitative estimate of drug-likeness (QED) is 0.198. The Morgan fingerprint density at radius 2 is 1.20 bits per heavy atom. The van der Waals surface area contributed by atoms with Gasteiger partial charge in [-0.2, -0.15) is 0 Å². The molecule has 236 valence electrons. The van der Waals surface area contributed by atoms with Crippen molar-refractivity contribution in [1.82, 2.24) is 10.6 Å². The maximum absolute atomic E-state index is 5.34. The fraction of sp³-hybridized carbons (Fsp3) is 0.0652. The lowest BCUT2D eigenvalue weighted by Crippen LogP contribution is -2.45. The Labute approximate surface area is 294 Å². The molecule has 0 bridgehead atoms. The number of fused-ring (bicyclic) bond motifs is 14. The van der Waals surface area contributed by atoms with Gasteiger partial charge < -0.3 is 5.32 Å². The van der Waals surface area contributed by atoms with Gasteiger partial charge in [-0.25, -0.2) is 4.99 Å². The van der Waals surface area contributed by atoms with Crippen molar-refractivity contribution in [3.8, 4) is 22.3 Å². The van der Waals surface area contributed by atoms with Gasteiger partial charge in [0, 0.05) is 31.3 Å². The summed E-state index contributed by atoms with van der Waals surface area (Å²) < 4.78 is 2.71. The molecule has 3 nitrogen and oxygen atoms in total. The van der Waals surface area contributed by atoms with Crippen molar-refractivity contribution in [2.75, 3.05) is 0 Å². The molecule has 0 saturated heterocycles. The molecule has 3 aliphatic rings. The van der Waals surface area contributed by atoms with Crippen molar-refractivity contribution in [3.05, 3.63) is 203 Å². The smallest absolute Gasteiger partial charge is 0.131 e. The van der Waals surface area contributed by atoms with Crippen molar-refractivity contribution in [2.45, 2.75) is 17.7 Å². The van der Waals surface area contributed by atoms with Crippen LogP contribution in [0.2, 0.25) is 0 Å². The number of amidine groups is 1. The molecule has 2 heterocycles. The standard InChI is InChI=1S/C46H31N3S/c1-3-13-28(14-4-1)43-47-44(29-15-5-2-6-16-29)49-45(48-43)30-23-24-32-31-17-7-10-20-36(31)46(39(32)27-30)37-21-11-8-19-35(37)41-38(46)26-25-34-33-18-9-12-22-40(33)50-42(34)41/h1-27,43,45,48H,(H,47,49). The number of nitrogens with one attached hydrogen (secondary N) is 2. The number of hydrogen-bond acceptors (Lipinski definition) is 4. The molecule has 0 amide bonds. The number of nitrogens with zero attached hydrogens (tertiary/aromatic N) is 1. The van der Waals surface area contributed by atoms with Gasteiger partial charge >= 0.3 is 0 Å². The van der Waals surface area contributed by atoms with Gasteiger partial charge in [0.05, 0.1) is 5.41 Å². The number of thiophene rings is 1. The third-order valence-electron chi connectivity index (χ3n) is 11.0. The fourth-order valence-corrected chi connectivity index (χ4v) is 10.1. The molecular formula is C46H31N3S. The molecule has 0 saturated carbocycles. The minimum Gasteiger partial charge on any atom is -0.350 e. The average Bonchev–Trinajstić information content (AvgIpc) is 3.82. The van der Waals surface area contributed by atoms with Gasteiger partial charge in [0.15, 0.2) is 0 Å². The van der Waals surface area contributed by atoms with Gasteiger partial charge in [-0.3, -0.25) is 5.32 Å². The van der Waals surface area contributed by atoms with Crippen LogP contribution >= 0.6 is 11.3 Å². The zero-order valence-corrected chi connectivity index (χ0v) is 27.9. The lowest BCUT2D eigenvalue weighted by Gasteiger charge is -2.33. The van der Waals surface area contributed by atoms with Crippen LogP contribution in [0, 0.1) is 0 Å². The largest absolute Gasteiger partial charge is 0.350 e. The predicted octanol–water partition coefficient (Wildman–Crippen LogP) is 10.7. The molecule has 0 radical (unpaired) electrons. The molecule has 1 aliphatic heterocycles. The average molecular weight is 658 g/mol. The maximum Gasteiger partial charge on any atom is 0.131 e. The molecule has 50 heavy (non-hydrogen) atoms. The minimum atomic E-state index is -0.435. The van der Waals surface area contributed by atoms with E-state index in [1.54, 1.807) is 0 Å². The van der Waals surface area contributed by atoms with Crippen LogP contribution in [0.3, 0.4) is 0 Å². The van der Waals surface area contributed by atoms with E-state index in [4.69, 9.17) is 4.99 Å². The van der Waals surface area contributed by atoms with E-state index in [9.17, 15) is 0 Å². The highest BCUT2D eigenvalue weighted by Crippen LogP contribution is 2.64. The van der Waals surface area contributed by atoms with E-state index in [-0.39, 0.29) is 12.3 Å². The van der Waals surface area contributed by atoms with Gasteiger partial charge in [0.25, 0.3) is 0 Å². The summed E-state index contributed by atoms with van der Waals surface area (Å²) in [6.07, 6.45) is -0.341. The van der Waals surface area contributed by atoms with E-state index in [1.165, 1.54) is 70.2 Å². The van der Waals surface area contributed by atoms with E-state index >= 15 is 0 Å². The minimum absolute atomic E-state index is 0.0949. The first-order valence-corrected chi connectivity index (χ1v) is 18.1. The first-order chi connectivity index (χ1) is 24.8. The highest BCUT2D eigenvalue weighted by molar-refractivity contribution is 7.26. The third kappa shape index (κ3) is 3.80. The summed E-state index contributed by atoms with van der Waals surface area (Å²) in [4.78, 5) is 5.34. The number of benzene rings is 7. The van der Waals surface area contributed by atoms with Crippen molar-refractivity contribution >= 4 is 37.3 Å². The first kappa shape index (κ1) is 28.1. The summed E-state index contributed by atoms with van der Waals surface area (Å²) in [6, 6.07) is 60.0. The lowest BCUT2D eigenvalue weighted by molar-refractivity contribution is 0.408. The molecule has 8 aromatic rings. The Bertz CT molecular complexity index is 2670. The third-order valence-corrected chi connectivity index (χ3v) is 12.2. The van der Waals surface area contributed by atoms with Crippen LogP contribution in [0.25, 0.3) is 42.4 Å². The summed E-state index contributed by atoms with van der Waals surface area (Å²) in [5, 5.41) is 10.2. The van der Waals surface area contributed by atoms with Crippen LogP contribution in [0.15, 0.2) is 169 Å². The summed E-state index contributed by atoms with van der Waals surface area (Å²) in [6.45, 7) is 0. The molecule has 0 fully saturated rings. The van der Waals surface area contributed by atoms with E-state index in [0.717, 1.165) is 17.0 Å². The van der Waals surface area contributed by atoms with Gasteiger partial charge in [0.2, 0.25) is 0 Å². The summed E-state index contributed by atoms with van der Waals surface area (Å²) in [5.41, 5.74) is 13.7. The van der Waals surface area contributed by atoms with Gasteiger partial charge in [-0.1, -0.05) is 158 Å². The van der Waals surface area contributed by atoms with Crippen LogP contribution in [0.1, 0.15) is 51.3 Å². The van der Waals surface area contributed by atoms with Crippen LogP contribution in [0.5, 0.6) is 0 Å². The Morgan fingerprint density at radius 3 is 2.04 bits per heavy atom. The Morgan fingerprint density at radius 1 is 0.520 bits per heavy atom. The predicted molar refractivity (Wildman–Crippen MR) is 207 cm³/mol.